The number of rotatable bonds is 5. The molecule has 0 aliphatic carbocycles. The number of fused-ring (bicyclic) bond motifs is 1. The Bertz CT molecular complexity index is 743. The summed E-state index contributed by atoms with van der Waals surface area (Å²) in [4.78, 5) is 23.3. The van der Waals surface area contributed by atoms with Gasteiger partial charge in [0.25, 0.3) is 0 Å². The number of nitrogens with one attached hydrogen (secondary N) is 1. The van der Waals surface area contributed by atoms with Gasteiger partial charge in [0.1, 0.15) is 5.52 Å². The Hall–Kier alpha value is -2.96. The summed E-state index contributed by atoms with van der Waals surface area (Å²) in [6.07, 6.45) is 7.69. The molecule has 7 nitrogen and oxygen atoms in total. The fourth-order valence-corrected chi connectivity index (χ4v) is 1.76. The number of aliphatic hydroxyl groups excluding tert-OH is 1. The van der Waals surface area contributed by atoms with Gasteiger partial charge in [0.05, 0.1) is 35.7 Å². The minimum absolute atomic E-state index is 0.107. The van der Waals surface area contributed by atoms with Crippen molar-refractivity contribution < 1.29 is 9.90 Å². The van der Waals surface area contributed by atoms with E-state index in [1.54, 1.807) is 31.7 Å². The summed E-state index contributed by atoms with van der Waals surface area (Å²) in [5, 5.41) is 12.1. The number of anilines is 1. The van der Waals surface area contributed by atoms with Crippen molar-refractivity contribution in [2.45, 2.75) is 0 Å². The summed E-state index contributed by atoms with van der Waals surface area (Å²) in [5.41, 5.74) is 2.66. The van der Waals surface area contributed by atoms with Crippen molar-refractivity contribution in [2.75, 3.05) is 12.4 Å². The fourth-order valence-electron chi connectivity index (χ4n) is 1.76. The number of nitrogens with zero attached hydrogens (tertiary/aromatic N) is 4. The number of aliphatic imine (C=N–C) groups is 1. The van der Waals surface area contributed by atoms with Crippen LogP contribution in [0.1, 0.15) is 0 Å². The molecular formula is C14H15N5O2. The Morgan fingerprint density at radius 1 is 1.48 bits per heavy atom. The Labute approximate surface area is 121 Å². The third-order valence-corrected chi connectivity index (χ3v) is 2.80. The van der Waals surface area contributed by atoms with E-state index in [0.717, 1.165) is 17.4 Å². The number of aromatic nitrogens is 3. The molecule has 0 amide bonds. The van der Waals surface area contributed by atoms with Crippen molar-refractivity contribution in [3.05, 3.63) is 42.2 Å². The zero-order valence-electron chi connectivity index (χ0n) is 11.7. The largest absolute Gasteiger partial charge is 0.515 e. The summed E-state index contributed by atoms with van der Waals surface area (Å²) in [7, 11) is 3.47. The molecule has 0 spiro atoms. The number of pyridine rings is 1. The SMILES string of the molecule is CN=C/C=C(Nc1cnc2c(c1)ncn2C)\C(C=O)=C/O. The van der Waals surface area contributed by atoms with E-state index in [1.165, 1.54) is 6.21 Å². The molecule has 0 atom stereocenters. The molecule has 2 aromatic rings. The molecule has 7 heteroatoms. The van der Waals surface area contributed by atoms with Crippen LogP contribution in [0.2, 0.25) is 0 Å². The van der Waals surface area contributed by atoms with Crippen LogP contribution in [0.4, 0.5) is 5.69 Å². The summed E-state index contributed by atoms with van der Waals surface area (Å²) in [6, 6.07) is 1.80. The molecule has 108 valence electrons. The molecule has 0 saturated carbocycles. The highest BCUT2D eigenvalue weighted by molar-refractivity contribution is 5.87. The first-order chi connectivity index (χ1) is 10.2. The lowest BCUT2D eigenvalue weighted by atomic mass is 10.2. The van der Waals surface area contributed by atoms with Gasteiger partial charge in [-0.2, -0.15) is 0 Å². The number of aliphatic hydroxyl groups is 1. The standard InChI is InChI=1S/C14H15N5O2/c1-15-4-3-12(10(7-20)8-21)18-11-5-13-14(16-6-11)19(2)9-17-13/h3-9,18,20H,1-2H3/b10-7-,12-3+,15-4?. The van der Waals surface area contributed by atoms with Crippen LogP contribution in [0.3, 0.4) is 0 Å². The summed E-state index contributed by atoms with van der Waals surface area (Å²) in [6.45, 7) is 0. The monoisotopic (exact) mass is 285 g/mol. The van der Waals surface area contributed by atoms with Gasteiger partial charge in [0, 0.05) is 20.3 Å². The predicted octanol–water partition coefficient (Wildman–Crippen LogP) is 1.61. The second-order valence-corrected chi connectivity index (χ2v) is 4.24. The van der Waals surface area contributed by atoms with Crippen molar-refractivity contribution in [3.63, 3.8) is 0 Å². The number of aldehydes is 1. The van der Waals surface area contributed by atoms with E-state index in [0.29, 0.717) is 17.7 Å². The number of carbonyl (C=O) groups is 1. The lowest BCUT2D eigenvalue weighted by Gasteiger charge is -2.09. The van der Waals surface area contributed by atoms with Crippen LogP contribution in [0, 0.1) is 0 Å². The number of imidazole rings is 1. The molecule has 0 radical (unpaired) electrons. The highest BCUT2D eigenvalue weighted by Crippen LogP contribution is 2.18. The molecule has 0 aromatic carbocycles. The summed E-state index contributed by atoms with van der Waals surface area (Å²) >= 11 is 0. The fraction of sp³-hybridized carbons (Fsp3) is 0.143. The third-order valence-electron chi connectivity index (χ3n) is 2.80. The smallest absolute Gasteiger partial charge is 0.159 e. The molecule has 0 unspecified atom stereocenters. The van der Waals surface area contributed by atoms with Crippen LogP contribution in [0.15, 0.2) is 47.2 Å². The Morgan fingerprint density at radius 3 is 2.95 bits per heavy atom. The van der Waals surface area contributed by atoms with Gasteiger partial charge in [0.15, 0.2) is 11.9 Å². The van der Waals surface area contributed by atoms with E-state index < -0.39 is 0 Å². The number of carbonyl (C=O) groups excluding carboxylic acids is 1. The molecule has 0 bridgehead atoms. The quantitative estimate of drug-likeness (QED) is 0.286. The van der Waals surface area contributed by atoms with E-state index in [4.69, 9.17) is 5.11 Å². The van der Waals surface area contributed by atoms with Gasteiger partial charge < -0.3 is 15.0 Å². The normalized spacial score (nSPS) is 13.0. The molecule has 0 fully saturated rings. The van der Waals surface area contributed by atoms with Gasteiger partial charge >= 0.3 is 0 Å². The van der Waals surface area contributed by atoms with E-state index in [1.807, 2.05) is 11.6 Å². The van der Waals surface area contributed by atoms with Crippen molar-refractivity contribution in [1.29, 1.82) is 0 Å². The average Bonchev–Trinajstić information content (AvgIpc) is 2.86. The van der Waals surface area contributed by atoms with Crippen LogP contribution in [0.5, 0.6) is 0 Å². The van der Waals surface area contributed by atoms with Crippen molar-refractivity contribution >= 4 is 29.4 Å². The highest BCUT2D eigenvalue weighted by atomic mass is 16.2. The first-order valence-corrected chi connectivity index (χ1v) is 6.16. The first-order valence-electron chi connectivity index (χ1n) is 6.16. The molecule has 2 rings (SSSR count). The van der Waals surface area contributed by atoms with E-state index in [-0.39, 0.29) is 5.57 Å². The Balaban J connectivity index is 2.36. The number of hydrogen-bond donors (Lipinski definition) is 2. The molecule has 2 heterocycles. The van der Waals surface area contributed by atoms with Crippen LogP contribution in [-0.2, 0) is 11.8 Å². The van der Waals surface area contributed by atoms with Crippen LogP contribution < -0.4 is 5.32 Å². The minimum Gasteiger partial charge on any atom is -0.515 e. The zero-order chi connectivity index (χ0) is 15.2. The van der Waals surface area contributed by atoms with Crippen LogP contribution in [-0.4, -0.2) is 39.2 Å². The molecule has 0 saturated heterocycles. The lowest BCUT2D eigenvalue weighted by molar-refractivity contribution is -0.104. The van der Waals surface area contributed by atoms with E-state index in [2.05, 4.69) is 20.3 Å². The molecule has 0 aliphatic heterocycles. The topological polar surface area (TPSA) is 92.4 Å². The summed E-state index contributed by atoms with van der Waals surface area (Å²) < 4.78 is 1.81. The molecule has 21 heavy (non-hydrogen) atoms. The van der Waals surface area contributed by atoms with Gasteiger partial charge in [-0.25, -0.2) is 9.97 Å². The highest BCUT2D eigenvalue weighted by Gasteiger charge is 2.07. The van der Waals surface area contributed by atoms with Gasteiger partial charge in [0.2, 0.25) is 0 Å². The maximum Gasteiger partial charge on any atom is 0.159 e. The number of allylic oxidation sites excluding steroid dienone is 2. The Morgan fingerprint density at radius 2 is 2.29 bits per heavy atom. The minimum atomic E-state index is 0.107. The first kappa shape index (κ1) is 14.4. The Kier molecular flexibility index (Phi) is 4.45. The number of aryl methyl sites for hydroxylation is 1. The molecule has 2 aromatic heterocycles. The molecule has 2 N–H and O–H groups in total. The van der Waals surface area contributed by atoms with Crippen molar-refractivity contribution in [1.82, 2.24) is 14.5 Å². The maximum absolute atomic E-state index is 11.0. The van der Waals surface area contributed by atoms with Gasteiger partial charge in [-0.05, 0) is 12.1 Å². The summed E-state index contributed by atoms with van der Waals surface area (Å²) in [5.74, 6) is 0. The lowest BCUT2D eigenvalue weighted by Crippen LogP contribution is -2.05. The van der Waals surface area contributed by atoms with Gasteiger partial charge in [-0.15, -0.1) is 0 Å². The number of hydrogen-bond acceptors (Lipinski definition) is 6. The van der Waals surface area contributed by atoms with E-state index in [9.17, 15) is 4.79 Å². The molecule has 0 aliphatic rings. The zero-order valence-corrected chi connectivity index (χ0v) is 11.7. The predicted molar refractivity (Wildman–Crippen MR) is 81.4 cm³/mol. The maximum atomic E-state index is 11.0. The average molecular weight is 285 g/mol. The van der Waals surface area contributed by atoms with Crippen LogP contribution in [0.25, 0.3) is 11.2 Å². The van der Waals surface area contributed by atoms with Gasteiger partial charge in [-0.1, -0.05) is 0 Å². The van der Waals surface area contributed by atoms with Crippen LogP contribution >= 0.6 is 0 Å². The second kappa shape index (κ2) is 6.47. The second-order valence-electron chi connectivity index (χ2n) is 4.24. The third kappa shape index (κ3) is 3.14. The van der Waals surface area contributed by atoms with Crippen molar-refractivity contribution in [2.24, 2.45) is 12.0 Å². The van der Waals surface area contributed by atoms with E-state index >= 15 is 0 Å². The van der Waals surface area contributed by atoms with Gasteiger partial charge in [-0.3, -0.25) is 9.79 Å². The van der Waals surface area contributed by atoms with Crippen molar-refractivity contribution in [3.8, 4) is 0 Å². The molecular weight excluding hydrogens is 270 g/mol.